The van der Waals surface area contributed by atoms with Crippen LogP contribution in [0.15, 0.2) is 12.2 Å². The number of carbonyl (C=O) groups excluding carboxylic acids is 2. The minimum atomic E-state index is -4.63. The molecule has 0 saturated carbocycles. The number of allylic oxidation sites excluding steroid dienone is 2. The number of nitrogens with zero attached hydrogens (tertiary/aromatic N) is 1. The van der Waals surface area contributed by atoms with Crippen LogP contribution in [0.4, 0.5) is 0 Å². The number of quaternary nitrogens is 1. The van der Waals surface area contributed by atoms with Crippen molar-refractivity contribution in [3.63, 3.8) is 0 Å². The molecule has 74 heavy (non-hydrogen) atoms. The summed E-state index contributed by atoms with van der Waals surface area (Å²) in [5, 5.41) is 0. The summed E-state index contributed by atoms with van der Waals surface area (Å²) >= 11 is 0. The first-order valence-electron chi connectivity index (χ1n) is 32.4. The van der Waals surface area contributed by atoms with Crippen molar-refractivity contribution in [2.75, 3.05) is 47.5 Å². The molecule has 0 amide bonds. The highest BCUT2D eigenvalue weighted by Gasteiger charge is 2.22. The maximum Gasteiger partial charge on any atom is 0.306 e. The molecule has 0 saturated heterocycles. The highest BCUT2D eigenvalue weighted by Crippen LogP contribution is 2.38. The Hall–Kier alpha value is -1.25. The molecule has 10 heteroatoms. The van der Waals surface area contributed by atoms with Gasteiger partial charge in [0.05, 0.1) is 27.7 Å². The number of ether oxygens (including phenoxy) is 2. The molecule has 2 unspecified atom stereocenters. The molecule has 0 aromatic carbocycles. The third kappa shape index (κ3) is 60.0. The molecule has 0 aromatic rings. The molecule has 2 atom stereocenters. The fourth-order valence-electron chi connectivity index (χ4n) is 9.77. The van der Waals surface area contributed by atoms with Crippen LogP contribution in [0.1, 0.15) is 335 Å². The normalized spacial score (nSPS) is 13.2. The Kier molecular flexibility index (Phi) is 55.5. The van der Waals surface area contributed by atoms with E-state index in [1.165, 1.54) is 263 Å². The molecule has 0 fully saturated rings. The van der Waals surface area contributed by atoms with Gasteiger partial charge in [-0.3, -0.25) is 14.2 Å². The lowest BCUT2D eigenvalue weighted by atomic mass is 10.0. The van der Waals surface area contributed by atoms with Crippen molar-refractivity contribution in [3.05, 3.63) is 12.2 Å². The van der Waals surface area contributed by atoms with Crippen LogP contribution < -0.4 is 4.89 Å². The Balaban J connectivity index is 4.04. The van der Waals surface area contributed by atoms with E-state index >= 15 is 0 Å². The Labute approximate surface area is 460 Å². The molecule has 0 bridgehead atoms. The van der Waals surface area contributed by atoms with Gasteiger partial charge in [-0.1, -0.05) is 296 Å². The summed E-state index contributed by atoms with van der Waals surface area (Å²) in [7, 11) is 1.19. The molecule has 440 valence electrons. The molecule has 0 N–H and O–H groups in total. The van der Waals surface area contributed by atoms with Crippen molar-refractivity contribution in [2.24, 2.45) is 0 Å². The molecular formula is C64H126NO8P. The topological polar surface area (TPSA) is 111 Å². The molecule has 0 aromatic heterocycles. The van der Waals surface area contributed by atoms with Crippen molar-refractivity contribution in [3.8, 4) is 0 Å². The van der Waals surface area contributed by atoms with E-state index in [0.29, 0.717) is 17.4 Å². The third-order valence-corrected chi connectivity index (χ3v) is 15.7. The highest BCUT2D eigenvalue weighted by atomic mass is 31.2. The van der Waals surface area contributed by atoms with Crippen LogP contribution >= 0.6 is 7.82 Å². The van der Waals surface area contributed by atoms with Crippen molar-refractivity contribution in [1.82, 2.24) is 0 Å². The second kappa shape index (κ2) is 56.5. The van der Waals surface area contributed by atoms with Gasteiger partial charge in [0.2, 0.25) is 0 Å². The number of hydrogen-bond acceptors (Lipinski definition) is 8. The molecule has 9 nitrogen and oxygen atoms in total. The summed E-state index contributed by atoms with van der Waals surface area (Å²) in [5.74, 6) is -0.812. The number of phosphoric ester groups is 1. The average Bonchev–Trinajstić information content (AvgIpc) is 3.36. The van der Waals surface area contributed by atoms with Crippen molar-refractivity contribution < 1.29 is 42.1 Å². The fraction of sp³-hybridized carbons (Fsp3) is 0.938. The number of esters is 2. The van der Waals surface area contributed by atoms with Gasteiger partial charge in [-0.2, -0.15) is 0 Å². The fourth-order valence-corrected chi connectivity index (χ4v) is 10.5. The molecule has 0 spiro atoms. The molecule has 0 radical (unpaired) electrons. The van der Waals surface area contributed by atoms with E-state index in [4.69, 9.17) is 18.5 Å². The van der Waals surface area contributed by atoms with E-state index in [1.54, 1.807) is 0 Å². The van der Waals surface area contributed by atoms with Crippen LogP contribution in [0.2, 0.25) is 0 Å². The standard InChI is InChI=1S/C64H126NO8P/c1-6-8-10-12-14-16-18-20-22-24-26-28-30-31-32-33-35-36-38-40-42-44-46-48-50-52-54-56-63(66)70-60-62(61-72-74(68,69)71-59-58-65(3,4)5)73-64(67)57-55-53-51-49-47-45-43-41-39-37-34-29-27-25-23-21-19-17-15-13-11-9-7-2/h25,27,62H,6-24,26,28-61H2,1-5H3/b27-25-. The minimum absolute atomic E-state index is 0.0269. The molecule has 0 aliphatic rings. The molecule has 0 aliphatic carbocycles. The summed E-state index contributed by atoms with van der Waals surface area (Å²) in [6, 6.07) is 0. The van der Waals surface area contributed by atoms with Crippen molar-refractivity contribution >= 4 is 19.8 Å². The Bertz CT molecular complexity index is 1260. The van der Waals surface area contributed by atoms with Gasteiger partial charge in [0.1, 0.15) is 19.8 Å². The summed E-state index contributed by atoms with van der Waals surface area (Å²) in [6.45, 7) is 4.31. The number of likely N-dealkylation sites (N-methyl/N-ethyl adjacent to an activating group) is 1. The average molecular weight is 1070 g/mol. The second-order valence-electron chi connectivity index (χ2n) is 23.5. The van der Waals surface area contributed by atoms with Gasteiger partial charge in [0, 0.05) is 12.8 Å². The highest BCUT2D eigenvalue weighted by molar-refractivity contribution is 7.45. The summed E-state index contributed by atoms with van der Waals surface area (Å²) in [5.41, 5.74) is 0. The van der Waals surface area contributed by atoms with E-state index < -0.39 is 26.5 Å². The Morgan fingerprint density at radius 2 is 0.689 bits per heavy atom. The monoisotopic (exact) mass is 1070 g/mol. The van der Waals surface area contributed by atoms with Crippen LogP contribution in [0.3, 0.4) is 0 Å². The van der Waals surface area contributed by atoms with Crippen molar-refractivity contribution in [1.29, 1.82) is 0 Å². The predicted octanol–water partition coefficient (Wildman–Crippen LogP) is 19.8. The molecule has 0 rings (SSSR count). The van der Waals surface area contributed by atoms with Gasteiger partial charge in [-0.15, -0.1) is 0 Å². The lowest BCUT2D eigenvalue weighted by Gasteiger charge is -2.28. The first kappa shape index (κ1) is 72.8. The SMILES string of the molecule is CCCCCCCCCC/C=C\CCCCCCCCCCCCCC(=O)OC(COC(=O)CCCCCCCCCCCCCCCCCCCCCCCCCCCCC)COP(=O)([O-])OCC[N+](C)(C)C. The van der Waals surface area contributed by atoms with Gasteiger partial charge in [-0.05, 0) is 38.5 Å². The van der Waals surface area contributed by atoms with Crippen LogP contribution in [0.25, 0.3) is 0 Å². The van der Waals surface area contributed by atoms with Gasteiger partial charge in [0.25, 0.3) is 7.82 Å². The molecular weight excluding hydrogens is 942 g/mol. The zero-order chi connectivity index (χ0) is 54.2. The summed E-state index contributed by atoms with van der Waals surface area (Å²) < 4.78 is 34.3. The van der Waals surface area contributed by atoms with E-state index in [2.05, 4.69) is 26.0 Å². The number of phosphoric acid groups is 1. The van der Waals surface area contributed by atoms with Gasteiger partial charge in [-0.25, -0.2) is 0 Å². The zero-order valence-electron chi connectivity index (χ0n) is 50.1. The van der Waals surface area contributed by atoms with E-state index in [9.17, 15) is 19.0 Å². The lowest BCUT2D eigenvalue weighted by Crippen LogP contribution is -2.37. The summed E-state index contributed by atoms with van der Waals surface area (Å²) in [4.78, 5) is 38.0. The largest absolute Gasteiger partial charge is 0.756 e. The molecule has 0 heterocycles. The maximum absolute atomic E-state index is 12.8. The third-order valence-electron chi connectivity index (χ3n) is 14.8. The minimum Gasteiger partial charge on any atom is -0.756 e. The Morgan fingerprint density at radius 3 is 1.00 bits per heavy atom. The lowest BCUT2D eigenvalue weighted by molar-refractivity contribution is -0.870. The van der Waals surface area contributed by atoms with Crippen LogP contribution in [-0.2, 0) is 32.7 Å². The number of unbranched alkanes of at least 4 members (excludes halogenated alkanes) is 45. The maximum atomic E-state index is 12.8. The van der Waals surface area contributed by atoms with E-state index in [-0.39, 0.29) is 32.0 Å². The van der Waals surface area contributed by atoms with Gasteiger partial charge >= 0.3 is 11.9 Å². The number of carbonyl (C=O) groups is 2. The van der Waals surface area contributed by atoms with Crippen LogP contribution in [-0.4, -0.2) is 70.0 Å². The molecule has 0 aliphatic heterocycles. The first-order valence-corrected chi connectivity index (χ1v) is 33.9. The second-order valence-corrected chi connectivity index (χ2v) is 24.9. The van der Waals surface area contributed by atoms with Crippen molar-refractivity contribution in [2.45, 2.75) is 341 Å². The van der Waals surface area contributed by atoms with Gasteiger partial charge in [0.15, 0.2) is 6.10 Å². The Morgan fingerprint density at radius 1 is 0.405 bits per heavy atom. The smallest absolute Gasteiger partial charge is 0.306 e. The van der Waals surface area contributed by atoms with Gasteiger partial charge < -0.3 is 27.9 Å². The summed E-state index contributed by atoms with van der Waals surface area (Å²) in [6.07, 6.45) is 67.1. The van der Waals surface area contributed by atoms with E-state index in [0.717, 1.165) is 38.5 Å². The van der Waals surface area contributed by atoms with Crippen LogP contribution in [0, 0.1) is 0 Å². The van der Waals surface area contributed by atoms with Crippen LogP contribution in [0.5, 0.6) is 0 Å². The number of hydrogen-bond donors (Lipinski definition) is 0. The first-order chi connectivity index (χ1) is 36.0. The van der Waals surface area contributed by atoms with E-state index in [1.807, 2.05) is 21.1 Å². The number of rotatable bonds is 61. The quantitative estimate of drug-likeness (QED) is 0.0195. The predicted molar refractivity (Wildman–Crippen MR) is 315 cm³/mol. The zero-order valence-corrected chi connectivity index (χ0v) is 51.0.